The van der Waals surface area contributed by atoms with Crippen LogP contribution in [-0.4, -0.2) is 363 Å². The van der Waals surface area contributed by atoms with Crippen LogP contribution in [0.3, 0.4) is 0 Å². The van der Waals surface area contributed by atoms with Gasteiger partial charge in [-0.1, -0.05) is 83.6 Å². The number of aliphatic hydroxyl groups excluding tert-OH is 1. The third-order valence-corrected chi connectivity index (χ3v) is 26.2. The van der Waals surface area contributed by atoms with Crippen LogP contribution in [0.15, 0.2) is 59.8 Å². The quantitative estimate of drug-likeness (QED) is 0.0502. The Morgan fingerprint density at radius 2 is 0.818 bits per heavy atom. The number of ether oxygens (including phenoxy) is 24. The lowest BCUT2D eigenvalue weighted by Gasteiger charge is -2.48. The highest BCUT2D eigenvalue weighted by Gasteiger charge is 2.56. The third-order valence-electron chi connectivity index (χ3n) is 26.2. The highest BCUT2D eigenvalue weighted by Crippen LogP contribution is 2.42. The van der Waals surface area contributed by atoms with E-state index in [1.807, 2.05) is 86.3 Å². The number of allylic oxidation sites excluding steroid dienone is 6. The molecule has 0 radical (unpaired) electrons. The molecule has 6 saturated heterocycles. The molecule has 5 unspecified atom stereocenters. The Morgan fingerprint density at radius 1 is 0.462 bits per heavy atom. The minimum atomic E-state index is -1.82. The first kappa shape index (κ1) is 113. The number of hydrogen-bond donors (Lipinski definition) is 2. The van der Waals surface area contributed by atoms with Crippen molar-refractivity contribution in [3.63, 3.8) is 0 Å². The van der Waals surface area contributed by atoms with E-state index in [4.69, 9.17) is 114 Å². The van der Waals surface area contributed by atoms with Gasteiger partial charge in [-0.05, 0) is 138 Å². The van der Waals surface area contributed by atoms with Crippen LogP contribution in [0.5, 0.6) is 0 Å². The van der Waals surface area contributed by atoms with E-state index in [-0.39, 0.29) is 82.5 Å². The number of hydrogen-bond acceptors (Lipinski definition) is 36. The number of nitrogens with zero attached hydrogens (tertiary/aromatic N) is 2. The van der Waals surface area contributed by atoms with Gasteiger partial charge in [0, 0.05) is 119 Å². The molecule has 0 aromatic heterocycles. The molecule has 0 aromatic rings. The largest absolute Gasteiger partial charge is 0.462 e. The van der Waals surface area contributed by atoms with Crippen molar-refractivity contribution in [2.24, 2.45) is 47.3 Å². The van der Waals surface area contributed by atoms with Crippen LogP contribution < -0.4 is 0 Å². The number of carbonyl (C=O) groups excluding carboxylic acids is 8. The summed E-state index contributed by atoms with van der Waals surface area (Å²) in [6.07, 6.45) is -5.73. The Labute approximate surface area is 780 Å². The molecule has 4 bridgehead atoms. The monoisotopic (exact) mass is 1880 g/mol. The summed E-state index contributed by atoms with van der Waals surface area (Å²) in [6, 6.07) is -1.37. The maximum Gasteiger partial charge on any atom is 0.308 e. The number of cyclic esters (lactones) is 2. The molecule has 8 aliphatic heterocycles. The van der Waals surface area contributed by atoms with Gasteiger partial charge in [0.25, 0.3) is 0 Å². The van der Waals surface area contributed by atoms with Crippen molar-refractivity contribution in [3.8, 4) is 0 Å². The fourth-order valence-corrected chi connectivity index (χ4v) is 19.3. The predicted octanol–water partition coefficient (Wildman–Crippen LogP) is 7.71. The zero-order valence-corrected chi connectivity index (χ0v) is 82.7. The Balaban J connectivity index is 0.000000361. The first-order valence-electron chi connectivity index (χ1n) is 46.5. The van der Waals surface area contributed by atoms with Gasteiger partial charge in [0.2, 0.25) is 0 Å². The molecule has 8 rings (SSSR count). The summed E-state index contributed by atoms with van der Waals surface area (Å²) in [5.41, 5.74) is 0.354. The molecule has 6 fully saturated rings. The van der Waals surface area contributed by atoms with Crippen molar-refractivity contribution in [2.45, 2.75) is 327 Å². The zero-order valence-electron chi connectivity index (χ0n) is 82.7. The van der Waals surface area contributed by atoms with Gasteiger partial charge in [-0.15, -0.1) is 0 Å². The molecule has 0 aliphatic carbocycles. The van der Waals surface area contributed by atoms with E-state index < -0.39 is 249 Å². The molecule has 2 N–H and O–H groups in total. The summed E-state index contributed by atoms with van der Waals surface area (Å²) in [4.78, 5) is 111. The van der Waals surface area contributed by atoms with Crippen LogP contribution in [0, 0.1) is 47.3 Å². The lowest BCUT2D eigenvalue weighted by atomic mass is 9.79. The van der Waals surface area contributed by atoms with Gasteiger partial charge in [0.1, 0.15) is 66.6 Å². The third kappa shape index (κ3) is 31.8. The van der Waals surface area contributed by atoms with E-state index in [0.29, 0.717) is 44.3 Å². The number of carbonyl (C=O) groups is 8. The topological polar surface area (TPSA) is 405 Å². The maximum absolute atomic E-state index is 14.4. The molecule has 35 atom stereocenters. The van der Waals surface area contributed by atoms with Gasteiger partial charge < -0.3 is 124 Å². The molecule has 8 heterocycles. The molecule has 0 saturated carbocycles. The minimum Gasteiger partial charge on any atom is -0.462 e. The average Bonchev–Trinajstić information content (AvgIpc) is 0.913. The van der Waals surface area contributed by atoms with E-state index in [1.54, 1.807) is 101 Å². The van der Waals surface area contributed by atoms with Crippen molar-refractivity contribution < 1.29 is 162 Å². The Morgan fingerprint density at radius 3 is 1.17 bits per heavy atom. The van der Waals surface area contributed by atoms with Crippen molar-refractivity contribution >= 4 is 47.4 Å². The lowest BCUT2D eigenvalue weighted by molar-refractivity contribution is -0.309. The normalized spacial score (nSPS) is 40.4. The SMILES string of the molecule is C=C1COCC[C@H]2C[C@@H](C)C(=O)/C=C/C(C)=C/[C@H](COC3O[C@H](C)[C@@H](OC)[C@@H](OC)[C@H]3OC)[C@@H](CC)OC(=O)C[C@@H](OC1)[C@H](C)[C@H]2OC1O[C@H](C)[C@@H](OC(C)=O)[C@H](N(C)C)[C@H]1OC(C)=O.CC[C@H]1OC(=O)C[C@H]2OCC(O)(CO)COCC[C@@H](C[C@@H](C)C(=O)/C=C/C(C)=C/[C@@H]1COC1O[C@H](C)[C@@H](OC)[C@@H](OC)[C@H]1OC)[C@H](OC1O[C@H](C)[C@@H](OC(C)=O)[C@H](N(C)C)[C@H]1OC(C)=O)[C@H]2C. The summed E-state index contributed by atoms with van der Waals surface area (Å²) in [5.74, 6) is -7.72. The van der Waals surface area contributed by atoms with Gasteiger partial charge in [-0.2, -0.15) is 0 Å². The fraction of sp³-hybridized carbons (Fsp3) is 0.812. The van der Waals surface area contributed by atoms with Gasteiger partial charge in [-0.3, -0.25) is 48.2 Å². The molecule has 0 aromatic carbocycles. The van der Waals surface area contributed by atoms with Gasteiger partial charge in [-0.25, -0.2) is 0 Å². The van der Waals surface area contributed by atoms with E-state index in [9.17, 15) is 48.6 Å². The lowest BCUT2D eigenvalue weighted by Crippen LogP contribution is -2.65. The predicted molar refractivity (Wildman–Crippen MR) is 478 cm³/mol. The van der Waals surface area contributed by atoms with Gasteiger partial charge >= 0.3 is 35.8 Å². The highest BCUT2D eigenvalue weighted by molar-refractivity contribution is 5.92. The number of ketones is 2. The number of rotatable bonds is 25. The van der Waals surface area contributed by atoms with E-state index in [2.05, 4.69) is 6.58 Å². The first-order valence-corrected chi connectivity index (χ1v) is 46.5. The van der Waals surface area contributed by atoms with Gasteiger partial charge in [0.05, 0.1) is 120 Å². The second-order valence-corrected chi connectivity index (χ2v) is 37.0. The molecule has 8 aliphatic rings. The van der Waals surface area contributed by atoms with E-state index in [0.717, 1.165) is 11.1 Å². The maximum atomic E-state index is 14.4. The molecule has 754 valence electrons. The smallest absolute Gasteiger partial charge is 0.308 e. The van der Waals surface area contributed by atoms with Crippen molar-refractivity contribution in [3.05, 3.63) is 59.8 Å². The number of methoxy groups -OCH3 is 6. The molecule has 0 spiro atoms. The van der Waals surface area contributed by atoms with Crippen molar-refractivity contribution in [1.82, 2.24) is 9.80 Å². The fourth-order valence-electron chi connectivity index (χ4n) is 19.3. The number of aliphatic hydroxyl groups is 2. The summed E-state index contributed by atoms with van der Waals surface area (Å²) in [7, 11) is 16.5. The molecule has 36 nitrogen and oxygen atoms in total. The standard InChI is InChI=1S/C48H79NO18.C48H77NO16/c1-14-36-34(22-60-46-45(58-13)44(57-12)42(56-11)30(6)62-46)19-26(2)15-16-35(53)27(3)20-33-17-18-59-24-48(55,23-50)25-61-37(21-38(54)66-36)28(4)40(33)67-47-43(65-32(8)52)39(49(9)10)41(29(5)63-47)64-31(7)51;1-15-37-35(25-59-47-46(56-14)45(55-13)43(54-12)31(7)60-47)20-26(2)16-17-36(52)28(4)21-34-18-19-57-23-27(3)24-58-38(22-39(53)64-37)29(5)41(34)65-48-44(63-33(9)51)40(49(10)11)42(30(6)61-48)62-32(8)50/h15-16,19,27-30,33-34,36-37,39-47,50,55H,14,17-18,20-25H2,1-13H3;16-17,20,28-31,34-35,37-38,40-48H,3,15,18-19,21-25H2,1-2,4-14H3/b16-15+,26-19+;17-16+,26-20+/t27-,28+,29-,30-,33+,34-,36-,37-,39+,40-,41-,42-,43-,44-,45-,46?,47?,48?;28-,29+,30-,31-,34+,35-,37-,38-,40+,41-,42-,43-,44-,45-,46-,47?,48?/m11/s1. The highest BCUT2D eigenvalue weighted by atomic mass is 16.8. The number of fused-ring (bicyclic) bond motifs is 6. The molecular formula is C96H156N2O34. The summed E-state index contributed by atoms with van der Waals surface area (Å²) in [5, 5.41) is 21.8. The molecule has 132 heavy (non-hydrogen) atoms. The molecule has 36 heteroatoms. The second kappa shape index (κ2) is 54.4. The zero-order chi connectivity index (χ0) is 97.9. The van der Waals surface area contributed by atoms with Crippen molar-refractivity contribution in [1.29, 1.82) is 0 Å². The van der Waals surface area contributed by atoms with E-state index >= 15 is 0 Å². The van der Waals surface area contributed by atoms with Crippen LogP contribution in [-0.2, 0) is 152 Å². The van der Waals surface area contributed by atoms with Gasteiger partial charge in [0.15, 0.2) is 48.9 Å². The van der Waals surface area contributed by atoms with Crippen LogP contribution >= 0.6 is 0 Å². The van der Waals surface area contributed by atoms with E-state index in [1.165, 1.54) is 40.9 Å². The molecule has 0 amide bonds. The Hall–Kier alpha value is -6.02. The summed E-state index contributed by atoms with van der Waals surface area (Å²) in [6.45, 7) is 31.1. The average molecular weight is 1880 g/mol. The van der Waals surface area contributed by atoms with Crippen LogP contribution in [0.4, 0.5) is 0 Å². The van der Waals surface area contributed by atoms with Crippen LogP contribution in [0.25, 0.3) is 0 Å². The molecular weight excluding hydrogens is 1730 g/mol. The van der Waals surface area contributed by atoms with Crippen LogP contribution in [0.2, 0.25) is 0 Å². The number of esters is 6. The second-order valence-electron chi connectivity index (χ2n) is 37.0. The first-order chi connectivity index (χ1) is 62.5. The summed E-state index contributed by atoms with van der Waals surface area (Å²) < 4.78 is 148. The Bertz CT molecular complexity index is 3760. The number of likely N-dealkylation sites (N-methyl/N-ethyl adjacent to an activating group) is 2. The Kier molecular flexibility index (Phi) is 46.5. The van der Waals surface area contributed by atoms with Crippen molar-refractivity contribution in [2.75, 3.05) is 130 Å². The van der Waals surface area contributed by atoms with Crippen LogP contribution in [0.1, 0.15) is 162 Å². The summed E-state index contributed by atoms with van der Waals surface area (Å²) >= 11 is 0. The minimum absolute atomic E-state index is 0.0275.